The van der Waals surface area contributed by atoms with Crippen LogP contribution in [0.25, 0.3) is 5.70 Å². The Hall–Kier alpha value is -2.46. The van der Waals surface area contributed by atoms with Gasteiger partial charge in [0.2, 0.25) is 0 Å². The Kier molecular flexibility index (Phi) is 4.02. The standard InChI is InChI=1S/C18H20N2O2/c1-3-22-18-7-5-4-6-13(18)15-11-16(20-19-15)14-10-12(2)8-9-17(14)21/h4-11,15,19-21H,3H2,1-2H3/t15-/m0/s1. The van der Waals surface area contributed by atoms with Gasteiger partial charge in [-0.3, -0.25) is 0 Å². The first-order valence-corrected chi connectivity index (χ1v) is 7.44. The van der Waals surface area contributed by atoms with Crippen LogP contribution >= 0.6 is 0 Å². The van der Waals surface area contributed by atoms with E-state index in [1.165, 1.54) is 0 Å². The maximum atomic E-state index is 10.1. The molecule has 1 aliphatic rings. The molecule has 3 N–H and O–H groups in total. The predicted octanol–water partition coefficient (Wildman–Crippen LogP) is 3.29. The van der Waals surface area contributed by atoms with Crippen LogP contribution < -0.4 is 15.6 Å². The van der Waals surface area contributed by atoms with E-state index < -0.39 is 0 Å². The minimum Gasteiger partial charge on any atom is -0.507 e. The number of phenolic OH excluding ortho intramolecular Hbond substituents is 1. The van der Waals surface area contributed by atoms with Gasteiger partial charge in [0.15, 0.2) is 0 Å². The Morgan fingerprint density at radius 2 is 2.00 bits per heavy atom. The van der Waals surface area contributed by atoms with E-state index in [2.05, 4.69) is 16.9 Å². The number of aryl methyl sites for hydroxylation is 1. The number of rotatable bonds is 4. The van der Waals surface area contributed by atoms with E-state index in [1.807, 2.05) is 50.2 Å². The summed E-state index contributed by atoms with van der Waals surface area (Å²) in [7, 11) is 0. The number of aromatic hydroxyl groups is 1. The monoisotopic (exact) mass is 296 g/mol. The maximum absolute atomic E-state index is 10.1. The number of nitrogens with one attached hydrogen (secondary N) is 2. The second-order valence-corrected chi connectivity index (χ2v) is 5.32. The number of phenols is 1. The summed E-state index contributed by atoms with van der Waals surface area (Å²) < 4.78 is 5.69. The Morgan fingerprint density at radius 1 is 1.18 bits per heavy atom. The zero-order valence-electron chi connectivity index (χ0n) is 12.8. The van der Waals surface area contributed by atoms with Crippen molar-refractivity contribution < 1.29 is 9.84 Å². The number of para-hydroxylation sites is 1. The summed E-state index contributed by atoms with van der Waals surface area (Å²) in [6.45, 7) is 4.61. The van der Waals surface area contributed by atoms with E-state index in [-0.39, 0.29) is 11.8 Å². The van der Waals surface area contributed by atoms with Crippen molar-refractivity contribution in [3.63, 3.8) is 0 Å². The van der Waals surface area contributed by atoms with Gasteiger partial charge in [-0.15, -0.1) is 0 Å². The predicted molar refractivity (Wildman–Crippen MR) is 87.4 cm³/mol. The third kappa shape index (κ3) is 2.78. The van der Waals surface area contributed by atoms with Gasteiger partial charge in [-0.2, -0.15) is 0 Å². The fourth-order valence-electron chi connectivity index (χ4n) is 2.62. The fourth-order valence-corrected chi connectivity index (χ4v) is 2.62. The van der Waals surface area contributed by atoms with Crippen LogP contribution in [0.1, 0.15) is 29.7 Å². The van der Waals surface area contributed by atoms with Gasteiger partial charge in [0.05, 0.1) is 18.3 Å². The number of ether oxygens (including phenoxy) is 1. The molecule has 0 amide bonds. The van der Waals surface area contributed by atoms with Crippen molar-refractivity contribution >= 4 is 5.70 Å². The van der Waals surface area contributed by atoms with Crippen LogP contribution in [0.5, 0.6) is 11.5 Å². The van der Waals surface area contributed by atoms with Crippen molar-refractivity contribution in [3.8, 4) is 11.5 Å². The molecule has 0 radical (unpaired) electrons. The molecule has 2 aromatic carbocycles. The molecule has 3 rings (SSSR count). The van der Waals surface area contributed by atoms with E-state index in [1.54, 1.807) is 6.07 Å². The third-order valence-corrected chi connectivity index (χ3v) is 3.69. The van der Waals surface area contributed by atoms with Crippen LogP contribution in [-0.2, 0) is 0 Å². The highest BCUT2D eigenvalue weighted by atomic mass is 16.5. The highest BCUT2D eigenvalue weighted by Gasteiger charge is 2.21. The van der Waals surface area contributed by atoms with Crippen LogP contribution in [-0.4, -0.2) is 11.7 Å². The van der Waals surface area contributed by atoms with E-state index in [4.69, 9.17) is 4.74 Å². The van der Waals surface area contributed by atoms with Crippen LogP contribution in [0, 0.1) is 6.92 Å². The quantitative estimate of drug-likeness (QED) is 0.810. The minimum absolute atomic E-state index is 0.00216. The molecular weight excluding hydrogens is 276 g/mol. The van der Waals surface area contributed by atoms with Gasteiger partial charge in [0.25, 0.3) is 0 Å². The second-order valence-electron chi connectivity index (χ2n) is 5.32. The molecule has 1 atom stereocenters. The van der Waals surface area contributed by atoms with E-state index in [9.17, 15) is 5.11 Å². The molecule has 0 spiro atoms. The fraction of sp³-hybridized carbons (Fsp3) is 0.222. The minimum atomic E-state index is -0.00216. The van der Waals surface area contributed by atoms with Crippen molar-refractivity contribution in [2.24, 2.45) is 0 Å². The van der Waals surface area contributed by atoms with E-state index in [0.717, 1.165) is 28.1 Å². The lowest BCUT2D eigenvalue weighted by molar-refractivity contribution is 0.334. The molecule has 0 saturated carbocycles. The molecule has 1 heterocycles. The number of hydrazine groups is 1. The molecule has 4 heteroatoms. The molecule has 0 bridgehead atoms. The first-order chi connectivity index (χ1) is 10.7. The zero-order chi connectivity index (χ0) is 15.5. The average molecular weight is 296 g/mol. The first kappa shape index (κ1) is 14.5. The molecule has 4 nitrogen and oxygen atoms in total. The number of benzene rings is 2. The SMILES string of the molecule is CCOc1ccccc1[C@@H]1C=C(c2cc(C)ccc2O)NN1. The Bertz CT molecular complexity index is 710. The highest BCUT2D eigenvalue weighted by Crippen LogP contribution is 2.33. The van der Waals surface area contributed by atoms with Gasteiger partial charge in [-0.1, -0.05) is 29.8 Å². The van der Waals surface area contributed by atoms with Crippen LogP contribution in [0.3, 0.4) is 0 Å². The largest absolute Gasteiger partial charge is 0.507 e. The molecule has 114 valence electrons. The van der Waals surface area contributed by atoms with Crippen molar-refractivity contribution in [1.29, 1.82) is 0 Å². The van der Waals surface area contributed by atoms with Crippen molar-refractivity contribution in [3.05, 3.63) is 65.2 Å². The van der Waals surface area contributed by atoms with Gasteiger partial charge in [0.1, 0.15) is 11.5 Å². The maximum Gasteiger partial charge on any atom is 0.124 e. The lowest BCUT2D eigenvalue weighted by Gasteiger charge is -2.14. The van der Waals surface area contributed by atoms with Crippen LogP contribution in [0.2, 0.25) is 0 Å². The molecule has 0 aromatic heterocycles. The van der Waals surface area contributed by atoms with Crippen molar-refractivity contribution in [2.75, 3.05) is 6.61 Å². The molecule has 0 aliphatic carbocycles. The first-order valence-electron chi connectivity index (χ1n) is 7.44. The summed E-state index contributed by atoms with van der Waals surface area (Å²) in [4.78, 5) is 0. The number of hydrogen-bond acceptors (Lipinski definition) is 4. The summed E-state index contributed by atoms with van der Waals surface area (Å²) >= 11 is 0. The normalized spacial score (nSPS) is 17.0. The van der Waals surface area contributed by atoms with E-state index in [0.29, 0.717) is 6.61 Å². The highest BCUT2D eigenvalue weighted by molar-refractivity contribution is 5.71. The Labute approximate surface area is 130 Å². The van der Waals surface area contributed by atoms with Crippen molar-refractivity contribution in [2.45, 2.75) is 19.9 Å². The van der Waals surface area contributed by atoms with Gasteiger partial charge >= 0.3 is 0 Å². The van der Waals surface area contributed by atoms with Crippen molar-refractivity contribution in [1.82, 2.24) is 10.9 Å². The summed E-state index contributed by atoms with van der Waals surface area (Å²) in [5, 5.41) is 10.1. The molecule has 2 aromatic rings. The second kappa shape index (κ2) is 6.12. The lowest BCUT2D eigenvalue weighted by atomic mass is 10.0. The van der Waals surface area contributed by atoms with Crippen LogP contribution in [0.15, 0.2) is 48.5 Å². The van der Waals surface area contributed by atoms with Gasteiger partial charge < -0.3 is 15.3 Å². The van der Waals surface area contributed by atoms with Gasteiger partial charge in [-0.25, -0.2) is 5.43 Å². The van der Waals surface area contributed by atoms with Gasteiger partial charge in [0, 0.05) is 11.1 Å². The van der Waals surface area contributed by atoms with E-state index >= 15 is 0 Å². The Morgan fingerprint density at radius 3 is 2.82 bits per heavy atom. The Balaban J connectivity index is 1.93. The summed E-state index contributed by atoms with van der Waals surface area (Å²) in [5.74, 6) is 1.14. The summed E-state index contributed by atoms with van der Waals surface area (Å²) in [5.41, 5.74) is 10.2. The molecule has 22 heavy (non-hydrogen) atoms. The summed E-state index contributed by atoms with van der Waals surface area (Å²) in [6.07, 6.45) is 2.06. The smallest absolute Gasteiger partial charge is 0.124 e. The van der Waals surface area contributed by atoms with Crippen LogP contribution in [0.4, 0.5) is 0 Å². The average Bonchev–Trinajstić information content (AvgIpc) is 3.00. The molecule has 0 saturated heterocycles. The molecule has 1 aliphatic heterocycles. The lowest BCUT2D eigenvalue weighted by Crippen LogP contribution is -2.26. The zero-order valence-corrected chi connectivity index (χ0v) is 12.8. The number of hydrogen-bond donors (Lipinski definition) is 3. The molecule has 0 fully saturated rings. The van der Waals surface area contributed by atoms with Gasteiger partial charge in [-0.05, 0) is 38.1 Å². The summed E-state index contributed by atoms with van der Waals surface area (Å²) in [6, 6.07) is 13.5. The molecule has 0 unspecified atom stereocenters. The molecular formula is C18H20N2O2. The third-order valence-electron chi connectivity index (χ3n) is 3.69. The topological polar surface area (TPSA) is 53.5 Å².